The molecule has 0 spiro atoms. The topological polar surface area (TPSA) is 35.0 Å². The van der Waals surface area contributed by atoms with Crippen LogP contribution in [-0.4, -0.2) is 5.62 Å². The van der Waals surface area contributed by atoms with E-state index in [1.54, 1.807) is 51.4 Å². The summed E-state index contributed by atoms with van der Waals surface area (Å²) in [5.41, 5.74) is 0.0833. The van der Waals surface area contributed by atoms with Gasteiger partial charge in [0.25, 0.3) is 0 Å². The second-order valence-electron chi connectivity index (χ2n) is 15.5. The predicted octanol–water partition coefficient (Wildman–Crippen LogP) is 12.2. The van der Waals surface area contributed by atoms with Crippen molar-refractivity contribution in [3.63, 3.8) is 0 Å². The van der Waals surface area contributed by atoms with Crippen molar-refractivity contribution in [1.82, 2.24) is 6.15 Å². The van der Waals surface area contributed by atoms with Gasteiger partial charge >= 0.3 is 0 Å². The maximum atomic E-state index is 9.98. The van der Waals surface area contributed by atoms with E-state index in [0.29, 0.717) is 0 Å². The summed E-state index contributed by atoms with van der Waals surface area (Å²) in [5.74, 6) is 13.9. The Hall–Kier alpha value is 0.420. The van der Waals surface area contributed by atoms with E-state index in [1.165, 1.54) is 25.7 Å². The number of hydrogen-bond acceptors (Lipinski definition) is 4. The number of hydrogen-bond donors (Lipinski definition) is 1. The standard InChI is InChI=1S/C34H62.CHFS.CH4.H3N.S2/c1-21(2)25(7)29-13-14-30(16-23(5)15-29)28-11-9-27(10-12-28)26(8)32-17-24(6)34-20-31(22(3)4)18-33(34)19-32;2-1-3;;;1-2/h21-34H,9-20H2,1-8H3;1H;1H4;1H3;. The molecule has 0 bridgehead atoms. The summed E-state index contributed by atoms with van der Waals surface area (Å²) in [7, 11) is 0. The molecule has 0 aromatic rings. The molecule has 0 saturated heterocycles. The molecule has 3 N–H and O–H groups in total. The normalized spacial score (nSPS) is 38.3. The second-order valence-corrected chi connectivity index (χ2v) is 15.7. The van der Waals surface area contributed by atoms with Crippen molar-refractivity contribution in [2.75, 3.05) is 0 Å². The molecule has 244 valence electrons. The molecule has 4 aliphatic carbocycles. The first-order valence-electron chi connectivity index (χ1n) is 16.8. The van der Waals surface area contributed by atoms with Gasteiger partial charge in [-0.15, -0.1) is 0 Å². The van der Waals surface area contributed by atoms with Crippen LogP contribution in [0.1, 0.15) is 140 Å². The fraction of sp³-hybridized carbons (Fsp3) is 0.972. The molecular weight excluding hydrogens is 562 g/mol. The number of rotatable bonds is 6. The van der Waals surface area contributed by atoms with E-state index in [2.05, 4.69) is 90.0 Å². The summed E-state index contributed by atoms with van der Waals surface area (Å²) in [6.07, 6.45) is 18.5. The van der Waals surface area contributed by atoms with Crippen molar-refractivity contribution in [2.45, 2.75) is 140 Å². The van der Waals surface area contributed by atoms with Gasteiger partial charge in [0.1, 0.15) is 5.62 Å². The molecule has 0 amide bonds. The Morgan fingerprint density at radius 3 is 1.68 bits per heavy atom. The molecule has 0 radical (unpaired) electrons. The molecule has 0 aliphatic heterocycles. The first-order valence-corrected chi connectivity index (χ1v) is 18.6. The third-order valence-corrected chi connectivity index (χ3v) is 12.8. The lowest BCUT2D eigenvalue weighted by Gasteiger charge is -2.44. The van der Waals surface area contributed by atoms with Gasteiger partial charge in [0.2, 0.25) is 0 Å². The van der Waals surface area contributed by atoms with E-state index in [1.807, 2.05) is 0 Å². The number of thiocarbonyl (C=S) groups is 1. The summed E-state index contributed by atoms with van der Waals surface area (Å²) in [6.45, 7) is 20.3. The molecule has 10 atom stereocenters. The molecule has 4 fully saturated rings. The van der Waals surface area contributed by atoms with E-state index in [4.69, 9.17) is 0 Å². The van der Waals surface area contributed by atoms with Gasteiger partial charge in [-0.2, -0.15) is 0 Å². The van der Waals surface area contributed by atoms with Crippen molar-refractivity contribution >= 4 is 40.2 Å². The van der Waals surface area contributed by atoms with Crippen LogP contribution < -0.4 is 6.15 Å². The summed E-state index contributed by atoms with van der Waals surface area (Å²) >= 11 is 10.9. The van der Waals surface area contributed by atoms with Gasteiger partial charge in [-0.25, -0.2) is 4.39 Å². The zero-order valence-electron chi connectivity index (χ0n) is 27.5. The van der Waals surface area contributed by atoms with E-state index < -0.39 is 0 Å². The minimum atomic E-state index is 0. The average molecular weight is 632 g/mol. The van der Waals surface area contributed by atoms with Crippen LogP contribution in [0.4, 0.5) is 4.39 Å². The van der Waals surface area contributed by atoms with Gasteiger partial charge in [0.15, 0.2) is 0 Å². The van der Waals surface area contributed by atoms with Crippen LogP contribution in [-0.2, 0) is 22.4 Å². The van der Waals surface area contributed by atoms with E-state index in [9.17, 15) is 4.39 Å². The van der Waals surface area contributed by atoms with Crippen LogP contribution in [0.5, 0.6) is 0 Å². The van der Waals surface area contributed by atoms with Gasteiger partial charge in [0.05, 0.1) is 0 Å². The molecule has 4 saturated carbocycles. The maximum absolute atomic E-state index is 9.98. The van der Waals surface area contributed by atoms with Crippen molar-refractivity contribution in [3.8, 4) is 0 Å². The summed E-state index contributed by atoms with van der Waals surface area (Å²) in [4.78, 5) is 0. The van der Waals surface area contributed by atoms with Crippen molar-refractivity contribution in [1.29, 1.82) is 0 Å². The first kappa shape index (κ1) is 41.4. The highest BCUT2D eigenvalue weighted by molar-refractivity contribution is 8.07. The molecule has 10 unspecified atom stereocenters. The van der Waals surface area contributed by atoms with Gasteiger partial charge in [-0.3, -0.25) is 0 Å². The van der Waals surface area contributed by atoms with Crippen molar-refractivity contribution in [3.05, 3.63) is 0 Å². The molecular formula is C36H70FNS3. The molecule has 0 heterocycles. The lowest BCUT2D eigenvalue weighted by atomic mass is 9.62. The molecule has 4 rings (SSSR count). The Balaban J connectivity index is 0.00000215. The van der Waals surface area contributed by atoms with Crippen LogP contribution in [0.2, 0.25) is 0 Å². The monoisotopic (exact) mass is 631 g/mol. The minimum Gasteiger partial charge on any atom is -0.344 e. The van der Waals surface area contributed by atoms with Gasteiger partial charge < -0.3 is 6.15 Å². The molecule has 1 nitrogen and oxygen atoms in total. The van der Waals surface area contributed by atoms with Gasteiger partial charge in [0, 0.05) is 22.4 Å². The smallest absolute Gasteiger partial charge is 0.149 e. The highest BCUT2D eigenvalue weighted by Gasteiger charge is 2.45. The van der Waals surface area contributed by atoms with Crippen LogP contribution in [0.3, 0.4) is 0 Å². The van der Waals surface area contributed by atoms with E-state index >= 15 is 0 Å². The van der Waals surface area contributed by atoms with E-state index in [0.717, 1.165) is 82.9 Å². The quantitative estimate of drug-likeness (QED) is 0.180. The zero-order chi connectivity index (χ0) is 29.3. The summed E-state index contributed by atoms with van der Waals surface area (Å²) in [6, 6.07) is 0. The molecule has 5 heteroatoms. The predicted molar refractivity (Wildman–Crippen MR) is 191 cm³/mol. The highest BCUT2D eigenvalue weighted by atomic mass is 32.8. The van der Waals surface area contributed by atoms with Gasteiger partial charge in [-0.05, 0) is 160 Å². The summed E-state index contributed by atoms with van der Waals surface area (Å²) in [5, 5.41) is 0. The van der Waals surface area contributed by atoms with Crippen LogP contribution in [0.25, 0.3) is 0 Å². The third kappa shape index (κ3) is 11.7. The fourth-order valence-corrected chi connectivity index (χ4v) is 10.1. The fourth-order valence-electron chi connectivity index (χ4n) is 10.1. The van der Waals surface area contributed by atoms with E-state index in [-0.39, 0.29) is 19.2 Å². The average Bonchev–Trinajstić information content (AvgIpc) is 3.27. The number of fused-ring (bicyclic) bond motifs is 1. The third-order valence-electron chi connectivity index (χ3n) is 12.8. The largest absolute Gasteiger partial charge is 0.344 e. The Labute approximate surface area is 272 Å². The Bertz CT molecular complexity index is 694. The van der Waals surface area contributed by atoms with Crippen LogP contribution in [0, 0.1) is 82.9 Å². The zero-order valence-corrected chi connectivity index (χ0v) is 29.9. The summed E-state index contributed by atoms with van der Waals surface area (Å²) < 4.78 is 9.98. The molecule has 41 heavy (non-hydrogen) atoms. The van der Waals surface area contributed by atoms with Crippen molar-refractivity contribution in [2.24, 2.45) is 82.9 Å². The first-order chi connectivity index (χ1) is 18.5. The minimum absolute atomic E-state index is 0. The number of halogens is 1. The Morgan fingerprint density at radius 2 is 1.15 bits per heavy atom. The lowest BCUT2D eigenvalue weighted by Crippen LogP contribution is -2.35. The van der Waals surface area contributed by atoms with Crippen molar-refractivity contribution < 1.29 is 4.39 Å². The molecule has 0 aromatic heterocycles. The Morgan fingerprint density at radius 1 is 0.634 bits per heavy atom. The SMILES string of the molecule is C.CC1CC(C2CCC(C(C)C3CC(C)C4CC(C(C)C)CC4C3)CC2)CCC(C(C)C(C)C)C1.FC=S.N.S=S. The molecule has 0 aromatic carbocycles. The lowest BCUT2D eigenvalue weighted by molar-refractivity contribution is 0.0620. The maximum Gasteiger partial charge on any atom is 0.149 e. The molecule has 4 aliphatic rings. The Kier molecular flexibility index (Phi) is 20.7. The van der Waals surface area contributed by atoms with Crippen LogP contribution >= 0.6 is 12.2 Å². The second kappa shape index (κ2) is 20.5. The van der Waals surface area contributed by atoms with Crippen LogP contribution in [0.15, 0.2) is 0 Å². The highest BCUT2D eigenvalue weighted by Crippen LogP contribution is 2.54. The van der Waals surface area contributed by atoms with Gasteiger partial charge in [-0.1, -0.05) is 75.0 Å².